The van der Waals surface area contributed by atoms with E-state index in [0.717, 1.165) is 30.6 Å². The van der Waals surface area contributed by atoms with Crippen molar-refractivity contribution < 1.29 is 9.53 Å². The Labute approximate surface area is 148 Å². The van der Waals surface area contributed by atoms with Crippen LogP contribution in [0.4, 0.5) is 5.82 Å². The molecule has 1 fully saturated rings. The molecule has 2 aromatic rings. The van der Waals surface area contributed by atoms with Crippen molar-refractivity contribution in [2.24, 2.45) is 5.92 Å². The fourth-order valence-corrected chi connectivity index (χ4v) is 3.59. The molecule has 4 rings (SSSR count). The van der Waals surface area contributed by atoms with E-state index in [1.807, 2.05) is 17.8 Å². The maximum Gasteiger partial charge on any atom is 0.251 e. The van der Waals surface area contributed by atoms with Gasteiger partial charge in [0, 0.05) is 5.56 Å². The van der Waals surface area contributed by atoms with Crippen molar-refractivity contribution in [3.63, 3.8) is 0 Å². The number of amides is 1. The lowest BCUT2D eigenvalue weighted by molar-refractivity contribution is -0.120. The van der Waals surface area contributed by atoms with Gasteiger partial charge >= 0.3 is 0 Å². The summed E-state index contributed by atoms with van der Waals surface area (Å²) in [5.74, 6) is 1.36. The van der Waals surface area contributed by atoms with Crippen LogP contribution in [0, 0.1) is 12.8 Å². The van der Waals surface area contributed by atoms with Crippen LogP contribution in [0.25, 0.3) is 0 Å². The van der Waals surface area contributed by atoms with Gasteiger partial charge in [0.05, 0.1) is 18.8 Å². The minimum Gasteiger partial charge on any atom is -0.371 e. The van der Waals surface area contributed by atoms with Gasteiger partial charge in [-0.25, -0.2) is 4.68 Å². The molecule has 1 atom stereocenters. The number of carbonyl (C=O) groups is 1. The zero-order valence-corrected chi connectivity index (χ0v) is 14.7. The number of nitrogens with zero attached hydrogens (tertiary/aromatic N) is 2. The monoisotopic (exact) mass is 339 g/mol. The topological polar surface area (TPSA) is 56.2 Å². The second-order valence-corrected chi connectivity index (χ2v) is 7.23. The van der Waals surface area contributed by atoms with E-state index in [0.29, 0.717) is 12.5 Å². The Bertz CT molecular complexity index is 764. The molecule has 1 amide bonds. The Morgan fingerprint density at radius 3 is 3.00 bits per heavy atom. The average Bonchev–Trinajstić information content (AvgIpc) is 3.38. The first-order chi connectivity index (χ1) is 12.2. The first-order valence-corrected chi connectivity index (χ1v) is 9.22. The molecule has 1 N–H and O–H groups in total. The summed E-state index contributed by atoms with van der Waals surface area (Å²) >= 11 is 0. The summed E-state index contributed by atoms with van der Waals surface area (Å²) in [7, 11) is 0. The standard InChI is InChI=1S/C20H25N3O2/c1-14-11-21-23(18-8-4-6-16-5-2-3-7-17(16)18)20(14)22-19(24)13-25-12-15-9-10-15/h2-3,5,7,11,15,18H,4,6,8-10,12-13H2,1H3,(H,22,24)/t18-/m0/s1. The van der Waals surface area contributed by atoms with Crippen molar-refractivity contribution in [3.05, 3.63) is 47.2 Å². The molecule has 2 aliphatic rings. The molecule has 25 heavy (non-hydrogen) atoms. The second-order valence-electron chi connectivity index (χ2n) is 7.23. The van der Waals surface area contributed by atoms with Crippen molar-refractivity contribution in [2.45, 2.75) is 45.1 Å². The lowest BCUT2D eigenvalue weighted by Crippen LogP contribution is -2.25. The van der Waals surface area contributed by atoms with Gasteiger partial charge in [0.15, 0.2) is 0 Å². The van der Waals surface area contributed by atoms with Crippen LogP contribution >= 0.6 is 0 Å². The average molecular weight is 339 g/mol. The molecule has 2 aliphatic carbocycles. The van der Waals surface area contributed by atoms with Gasteiger partial charge in [-0.15, -0.1) is 0 Å². The highest BCUT2D eigenvalue weighted by atomic mass is 16.5. The Balaban J connectivity index is 1.50. The van der Waals surface area contributed by atoms with Crippen LogP contribution in [0.15, 0.2) is 30.5 Å². The minimum absolute atomic E-state index is 0.102. The van der Waals surface area contributed by atoms with Gasteiger partial charge in [0.25, 0.3) is 5.91 Å². The van der Waals surface area contributed by atoms with Crippen molar-refractivity contribution in [3.8, 4) is 0 Å². The maximum atomic E-state index is 12.3. The van der Waals surface area contributed by atoms with Crippen molar-refractivity contribution >= 4 is 11.7 Å². The number of aromatic nitrogens is 2. The van der Waals surface area contributed by atoms with E-state index in [2.05, 4.69) is 34.7 Å². The van der Waals surface area contributed by atoms with E-state index in [1.165, 1.54) is 24.0 Å². The fraction of sp³-hybridized carbons (Fsp3) is 0.500. The number of hydrogen-bond acceptors (Lipinski definition) is 3. The predicted molar refractivity (Wildman–Crippen MR) is 96.7 cm³/mol. The van der Waals surface area contributed by atoms with E-state index in [1.54, 1.807) is 0 Å². The quantitative estimate of drug-likeness (QED) is 0.876. The molecule has 0 spiro atoms. The molecular formula is C20H25N3O2. The highest BCUT2D eigenvalue weighted by Crippen LogP contribution is 2.35. The van der Waals surface area contributed by atoms with Gasteiger partial charge in [0.1, 0.15) is 12.4 Å². The number of fused-ring (bicyclic) bond motifs is 1. The first-order valence-electron chi connectivity index (χ1n) is 9.22. The molecule has 1 aromatic carbocycles. The lowest BCUT2D eigenvalue weighted by atomic mass is 9.88. The van der Waals surface area contributed by atoms with E-state index < -0.39 is 0 Å². The number of aryl methyl sites for hydroxylation is 2. The third-order valence-electron chi connectivity index (χ3n) is 5.15. The van der Waals surface area contributed by atoms with Gasteiger partial charge in [0.2, 0.25) is 0 Å². The van der Waals surface area contributed by atoms with Gasteiger partial charge in [-0.1, -0.05) is 24.3 Å². The molecule has 0 radical (unpaired) electrons. The normalized spacial score (nSPS) is 19.5. The predicted octanol–water partition coefficient (Wildman–Crippen LogP) is 3.48. The molecule has 1 aromatic heterocycles. The Hall–Kier alpha value is -2.14. The molecular weight excluding hydrogens is 314 g/mol. The lowest BCUT2D eigenvalue weighted by Gasteiger charge is -2.27. The zero-order valence-electron chi connectivity index (χ0n) is 14.7. The summed E-state index contributed by atoms with van der Waals surface area (Å²) < 4.78 is 7.49. The minimum atomic E-state index is -0.102. The van der Waals surface area contributed by atoms with Gasteiger partial charge in [-0.2, -0.15) is 5.10 Å². The first kappa shape index (κ1) is 16.3. The highest BCUT2D eigenvalue weighted by molar-refractivity contribution is 5.91. The summed E-state index contributed by atoms with van der Waals surface area (Å²) in [5.41, 5.74) is 3.69. The van der Waals surface area contributed by atoms with Gasteiger partial charge in [-0.3, -0.25) is 4.79 Å². The van der Waals surface area contributed by atoms with Gasteiger partial charge in [-0.05, 0) is 56.1 Å². The molecule has 5 heteroatoms. The molecule has 132 valence electrons. The van der Waals surface area contributed by atoms with Crippen LogP contribution in [0.3, 0.4) is 0 Å². The number of carbonyl (C=O) groups excluding carboxylic acids is 1. The number of ether oxygens (including phenoxy) is 1. The molecule has 5 nitrogen and oxygen atoms in total. The molecule has 1 saturated carbocycles. The number of nitrogens with one attached hydrogen (secondary N) is 1. The number of rotatable bonds is 6. The van der Waals surface area contributed by atoms with E-state index in [9.17, 15) is 4.79 Å². The molecule has 1 heterocycles. The Morgan fingerprint density at radius 1 is 1.32 bits per heavy atom. The van der Waals surface area contributed by atoms with Crippen molar-refractivity contribution in [1.82, 2.24) is 9.78 Å². The summed E-state index contributed by atoms with van der Waals surface area (Å²) in [6.07, 6.45) is 7.59. The van der Waals surface area contributed by atoms with Crippen LogP contribution in [-0.4, -0.2) is 28.9 Å². The Morgan fingerprint density at radius 2 is 2.16 bits per heavy atom. The number of hydrogen-bond donors (Lipinski definition) is 1. The second kappa shape index (κ2) is 7.00. The fourth-order valence-electron chi connectivity index (χ4n) is 3.59. The van der Waals surface area contributed by atoms with Crippen LogP contribution in [-0.2, 0) is 16.0 Å². The smallest absolute Gasteiger partial charge is 0.251 e. The van der Waals surface area contributed by atoms with Gasteiger partial charge < -0.3 is 10.1 Å². The largest absolute Gasteiger partial charge is 0.371 e. The number of benzene rings is 1. The molecule has 0 bridgehead atoms. The van der Waals surface area contributed by atoms with Crippen molar-refractivity contribution in [1.29, 1.82) is 0 Å². The van der Waals surface area contributed by atoms with Crippen LogP contribution in [0.2, 0.25) is 0 Å². The molecule has 0 unspecified atom stereocenters. The molecule has 0 saturated heterocycles. The zero-order chi connectivity index (χ0) is 17.2. The summed E-state index contributed by atoms with van der Waals surface area (Å²) in [6, 6.07) is 8.73. The SMILES string of the molecule is Cc1cnn([C@H]2CCCc3ccccc32)c1NC(=O)COCC1CC1. The summed E-state index contributed by atoms with van der Waals surface area (Å²) in [5, 5.41) is 7.59. The highest BCUT2D eigenvalue weighted by Gasteiger charge is 2.25. The van der Waals surface area contributed by atoms with Crippen LogP contribution < -0.4 is 5.32 Å². The van der Waals surface area contributed by atoms with Crippen LogP contribution in [0.1, 0.15) is 48.4 Å². The summed E-state index contributed by atoms with van der Waals surface area (Å²) in [6.45, 7) is 2.79. The number of anilines is 1. The van der Waals surface area contributed by atoms with E-state index >= 15 is 0 Å². The third-order valence-corrected chi connectivity index (χ3v) is 5.15. The summed E-state index contributed by atoms with van der Waals surface area (Å²) in [4.78, 5) is 12.3. The van der Waals surface area contributed by atoms with Crippen molar-refractivity contribution in [2.75, 3.05) is 18.5 Å². The molecule has 0 aliphatic heterocycles. The van der Waals surface area contributed by atoms with E-state index in [4.69, 9.17) is 4.74 Å². The maximum absolute atomic E-state index is 12.3. The third kappa shape index (κ3) is 3.61. The van der Waals surface area contributed by atoms with Crippen LogP contribution in [0.5, 0.6) is 0 Å². The Kier molecular flexibility index (Phi) is 4.57. The van der Waals surface area contributed by atoms with E-state index in [-0.39, 0.29) is 18.6 Å².